The van der Waals surface area contributed by atoms with E-state index in [0.717, 1.165) is 11.6 Å². The minimum absolute atomic E-state index is 0.0634. The summed E-state index contributed by atoms with van der Waals surface area (Å²) in [5.74, 6) is -2.10. The molecule has 2 N–H and O–H groups in total. The van der Waals surface area contributed by atoms with Crippen LogP contribution in [0.15, 0.2) is 42.5 Å². The summed E-state index contributed by atoms with van der Waals surface area (Å²) < 4.78 is 14.7. The van der Waals surface area contributed by atoms with Crippen LogP contribution in [0.1, 0.15) is 16.1 Å². The zero-order chi connectivity index (χ0) is 18.1. The molecular formula is C18H14ClFN2O3. The van der Waals surface area contributed by atoms with Gasteiger partial charge in [0.25, 0.3) is 0 Å². The molecule has 1 heterocycles. The Kier molecular flexibility index (Phi) is 4.46. The summed E-state index contributed by atoms with van der Waals surface area (Å²) >= 11 is 5.70. The number of carboxylic acid groups (broad SMARTS) is 1. The van der Waals surface area contributed by atoms with Crippen LogP contribution in [-0.4, -0.2) is 21.6 Å². The molecule has 1 aromatic heterocycles. The van der Waals surface area contributed by atoms with E-state index in [1.165, 1.54) is 12.1 Å². The first-order valence-electron chi connectivity index (χ1n) is 7.43. The lowest BCUT2D eigenvalue weighted by Gasteiger charge is -2.07. The van der Waals surface area contributed by atoms with Gasteiger partial charge in [0.1, 0.15) is 11.5 Å². The predicted molar refractivity (Wildman–Crippen MR) is 93.6 cm³/mol. The van der Waals surface area contributed by atoms with Crippen LogP contribution in [0.25, 0.3) is 10.9 Å². The summed E-state index contributed by atoms with van der Waals surface area (Å²) in [7, 11) is 1.65. The Hall–Kier alpha value is -2.86. The third-order valence-electron chi connectivity index (χ3n) is 3.96. The summed E-state index contributed by atoms with van der Waals surface area (Å²) in [4.78, 5) is 24.0. The maximum absolute atomic E-state index is 13.2. The number of hydrogen-bond donors (Lipinski definition) is 2. The van der Waals surface area contributed by atoms with Gasteiger partial charge in [-0.1, -0.05) is 29.8 Å². The zero-order valence-corrected chi connectivity index (χ0v) is 14.0. The Bertz CT molecular complexity index is 997. The van der Waals surface area contributed by atoms with Crippen molar-refractivity contribution in [3.63, 3.8) is 0 Å². The van der Waals surface area contributed by atoms with Gasteiger partial charge < -0.3 is 15.0 Å². The van der Waals surface area contributed by atoms with Gasteiger partial charge in [-0.15, -0.1) is 0 Å². The first-order chi connectivity index (χ1) is 11.9. The Balaban J connectivity index is 1.94. The normalized spacial score (nSPS) is 10.8. The van der Waals surface area contributed by atoms with Crippen molar-refractivity contribution in [2.24, 2.45) is 7.05 Å². The number of nitrogens with zero attached hydrogens (tertiary/aromatic N) is 1. The molecule has 1 amide bonds. The number of aromatic nitrogens is 1. The van der Waals surface area contributed by atoms with Crippen LogP contribution in [0.4, 0.5) is 10.1 Å². The van der Waals surface area contributed by atoms with Gasteiger partial charge in [-0.25, -0.2) is 9.18 Å². The van der Waals surface area contributed by atoms with E-state index >= 15 is 0 Å². The van der Waals surface area contributed by atoms with Crippen molar-refractivity contribution in [3.05, 3.63) is 64.6 Å². The Morgan fingerprint density at radius 2 is 1.96 bits per heavy atom. The highest BCUT2D eigenvalue weighted by atomic mass is 35.5. The van der Waals surface area contributed by atoms with Crippen LogP contribution in [-0.2, 0) is 18.3 Å². The maximum atomic E-state index is 13.2. The maximum Gasteiger partial charge on any atom is 0.352 e. The molecule has 7 heteroatoms. The average molecular weight is 361 g/mol. The van der Waals surface area contributed by atoms with Gasteiger partial charge in [0, 0.05) is 29.2 Å². The van der Waals surface area contributed by atoms with E-state index in [9.17, 15) is 19.1 Å². The van der Waals surface area contributed by atoms with Crippen molar-refractivity contribution in [2.75, 3.05) is 5.32 Å². The largest absolute Gasteiger partial charge is 0.477 e. The molecule has 5 nitrogen and oxygen atoms in total. The monoisotopic (exact) mass is 360 g/mol. The second kappa shape index (κ2) is 6.57. The van der Waals surface area contributed by atoms with Gasteiger partial charge in [0.2, 0.25) is 5.91 Å². The summed E-state index contributed by atoms with van der Waals surface area (Å²) in [6, 6.07) is 11.0. The second-order valence-corrected chi connectivity index (χ2v) is 5.97. The quantitative estimate of drug-likeness (QED) is 0.742. The number of para-hydroxylation sites is 1. The minimum atomic E-state index is -1.11. The number of anilines is 1. The number of carbonyl (C=O) groups excluding carboxylic acids is 1. The van der Waals surface area contributed by atoms with Crippen LogP contribution < -0.4 is 5.32 Å². The number of halogens is 2. The molecular weight excluding hydrogens is 347 g/mol. The highest BCUT2D eigenvalue weighted by molar-refractivity contribution is 6.31. The second-order valence-electron chi connectivity index (χ2n) is 5.56. The number of carbonyl (C=O) groups is 2. The topological polar surface area (TPSA) is 71.3 Å². The molecule has 25 heavy (non-hydrogen) atoms. The molecule has 2 aromatic carbocycles. The van der Waals surface area contributed by atoms with Gasteiger partial charge >= 0.3 is 5.97 Å². The summed E-state index contributed by atoms with van der Waals surface area (Å²) in [6.07, 6.45) is -0.127. The summed E-state index contributed by atoms with van der Waals surface area (Å²) in [5.41, 5.74) is 1.56. The summed E-state index contributed by atoms with van der Waals surface area (Å²) in [6.45, 7) is 0. The smallest absolute Gasteiger partial charge is 0.352 e. The minimum Gasteiger partial charge on any atom is -0.477 e. The van der Waals surface area contributed by atoms with Crippen LogP contribution in [0.5, 0.6) is 0 Å². The van der Waals surface area contributed by atoms with E-state index in [1.54, 1.807) is 35.9 Å². The van der Waals surface area contributed by atoms with E-state index in [4.69, 9.17) is 11.6 Å². The lowest BCUT2D eigenvalue weighted by molar-refractivity contribution is -0.115. The number of benzene rings is 2. The number of nitrogens with one attached hydrogen (secondary N) is 1. The third-order valence-corrected chi connectivity index (χ3v) is 4.24. The molecule has 0 bridgehead atoms. The van der Waals surface area contributed by atoms with Crippen LogP contribution in [0.2, 0.25) is 5.02 Å². The Morgan fingerprint density at radius 3 is 2.64 bits per heavy atom. The van der Waals surface area contributed by atoms with Gasteiger partial charge in [-0.05, 0) is 24.3 Å². The fourth-order valence-corrected chi connectivity index (χ4v) is 3.04. The molecule has 0 aliphatic heterocycles. The van der Waals surface area contributed by atoms with Crippen LogP contribution in [0.3, 0.4) is 0 Å². The lowest BCUT2D eigenvalue weighted by Crippen LogP contribution is -2.17. The van der Waals surface area contributed by atoms with Gasteiger partial charge in [-0.2, -0.15) is 0 Å². The Morgan fingerprint density at radius 1 is 1.24 bits per heavy atom. The van der Waals surface area contributed by atoms with Gasteiger partial charge in [0.05, 0.1) is 11.4 Å². The molecule has 0 atom stereocenters. The number of hydrogen-bond acceptors (Lipinski definition) is 2. The zero-order valence-electron chi connectivity index (χ0n) is 13.2. The van der Waals surface area contributed by atoms with E-state index in [-0.39, 0.29) is 17.1 Å². The number of aromatic carboxylic acids is 1. The van der Waals surface area contributed by atoms with Crippen LogP contribution >= 0.6 is 11.6 Å². The number of aryl methyl sites for hydroxylation is 1. The lowest BCUT2D eigenvalue weighted by atomic mass is 10.1. The van der Waals surface area contributed by atoms with E-state index in [1.807, 2.05) is 0 Å². The highest BCUT2D eigenvalue weighted by Crippen LogP contribution is 2.26. The SMILES string of the molecule is Cn1c(C(=O)O)c(CC(=O)Nc2ccc(F)c(Cl)c2)c2ccccc21. The van der Waals surface area contributed by atoms with E-state index in [0.29, 0.717) is 16.6 Å². The molecule has 0 fully saturated rings. The predicted octanol–water partition coefficient (Wildman–Crippen LogP) is 3.85. The van der Waals surface area contributed by atoms with Crippen molar-refractivity contribution >= 4 is 40.1 Å². The standard InChI is InChI=1S/C18H14ClFN2O3/c1-22-15-5-3-2-4-11(15)12(17(22)18(24)25)9-16(23)21-10-6-7-14(20)13(19)8-10/h2-8H,9H2,1H3,(H,21,23)(H,24,25). The third kappa shape index (κ3) is 3.21. The van der Waals surface area contributed by atoms with E-state index < -0.39 is 17.7 Å². The molecule has 0 unspecified atom stereocenters. The Labute approximate surface area is 147 Å². The molecule has 3 rings (SSSR count). The van der Waals surface area contributed by atoms with Crippen molar-refractivity contribution in [1.29, 1.82) is 0 Å². The van der Waals surface area contributed by atoms with Gasteiger partial charge in [0.15, 0.2) is 0 Å². The molecule has 0 aliphatic carbocycles. The molecule has 0 saturated carbocycles. The fourth-order valence-electron chi connectivity index (χ4n) is 2.86. The molecule has 0 aliphatic rings. The number of rotatable bonds is 4. The average Bonchev–Trinajstić information content (AvgIpc) is 2.84. The first-order valence-corrected chi connectivity index (χ1v) is 7.80. The number of carboxylic acids is 1. The van der Waals surface area contributed by atoms with Crippen LogP contribution in [0, 0.1) is 5.82 Å². The van der Waals surface area contributed by atoms with Crippen molar-refractivity contribution in [1.82, 2.24) is 4.57 Å². The highest BCUT2D eigenvalue weighted by Gasteiger charge is 2.22. The van der Waals surface area contributed by atoms with Crippen molar-refractivity contribution in [3.8, 4) is 0 Å². The first kappa shape index (κ1) is 17.0. The molecule has 3 aromatic rings. The van der Waals surface area contributed by atoms with Crippen molar-refractivity contribution in [2.45, 2.75) is 6.42 Å². The molecule has 0 saturated heterocycles. The number of fused-ring (bicyclic) bond motifs is 1. The van der Waals surface area contributed by atoms with Crippen molar-refractivity contribution < 1.29 is 19.1 Å². The molecule has 0 radical (unpaired) electrons. The number of amides is 1. The fraction of sp³-hybridized carbons (Fsp3) is 0.111. The van der Waals surface area contributed by atoms with E-state index in [2.05, 4.69) is 5.32 Å². The summed E-state index contributed by atoms with van der Waals surface area (Å²) in [5, 5.41) is 12.7. The molecule has 128 valence electrons. The molecule has 0 spiro atoms. The van der Waals surface area contributed by atoms with Gasteiger partial charge in [-0.3, -0.25) is 4.79 Å².